The van der Waals surface area contributed by atoms with Gasteiger partial charge in [0.15, 0.2) is 11.9 Å². The zero-order valence-corrected chi connectivity index (χ0v) is 15.3. The molecular weight excluding hydrogens is 366 g/mol. The van der Waals surface area contributed by atoms with E-state index in [2.05, 4.69) is 0 Å². The molecule has 1 saturated carbocycles. The summed E-state index contributed by atoms with van der Waals surface area (Å²) in [5.41, 5.74) is 0.0838. The minimum atomic E-state index is -3.74. The van der Waals surface area contributed by atoms with E-state index in [1.165, 1.54) is 22.5 Å². The lowest BCUT2D eigenvalue weighted by Gasteiger charge is -2.21. The summed E-state index contributed by atoms with van der Waals surface area (Å²) in [4.78, 5) is 24.1. The van der Waals surface area contributed by atoms with E-state index >= 15 is 0 Å². The first-order valence-corrected chi connectivity index (χ1v) is 10.2. The van der Waals surface area contributed by atoms with E-state index in [-0.39, 0.29) is 21.3 Å². The second-order valence-corrected chi connectivity index (χ2v) is 8.68. The van der Waals surface area contributed by atoms with Crippen molar-refractivity contribution in [3.05, 3.63) is 28.8 Å². The van der Waals surface area contributed by atoms with Gasteiger partial charge in [0.2, 0.25) is 10.0 Å². The van der Waals surface area contributed by atoms with E-state index in [1.54, 1.807) is 0 Å². The molecule has 1 heterocycles. The van der Waals surface area contributed by atoms with Crippen LogP contribution in [0.2, 0.25) is 5.02 Å². The summed E-state index contributed by atoms with van der Waals surface area (Å²) < 4.78 is 32.1. The Hall–Kier alpha value is -1.44. The molecule has 0 radical (unpaired) electrons. The molecule has 8 heteroatoms. The lowest BCUT2D eigenvalue weighted by molar-refractivity contribution is -0.129. The third-order valence-electron chi connectivity index (χ3n) is 4.60. The van der Waals surface area contributed by atoms with Gasteiger partial charge < -0.3 is 4.74 Å². The van der Waals surface area contributed by atoms with Crippen molar-refractivity contribution in [3.8, 4) is 0 Å². The fourth-order valence-electron chi connectivity index (χ4n) is 3.17. The average Bonchev–Trinajstić information content (AvgIpc) is 3.12. The van der Waals surface area contributed by atoms with E-state index in [0.29, 0.717) is 25.9 Å². The maximum atomic E-state index is 12.7. The highest BCUT2D eigenvalue weighted by Gasteiger charge is 2.31. The SMILES string of the molecule is O=C(OC1CCCCC1=O)c1ccc(Cl)c(S(=O)(=O)N2CCCC2)c1. The molecule has 0 N–H and O–H groups in total. The first kappa shape index (κ1) is 18.4. The smallest absolute Gasteiger partial charge is 0.338 e. The largest absolute Gasteiger partial charge is 0.451 e. The predicted molar refractivity (Wildman–Crippen MR) is 92.1 cm³/mol. The van der Waals surface area contributed by atoms with Gasteiger partial charge in [-0.15, -0.1) is 0 Å². The Balaban J connectivity index is 1.83. The van der Waals surface area contributed by atoms with Gasteiger partial charge >= 0.3 is 5.97 Å². The zero-order valence-electron chi connectivity index (χ0n) is 13.7. The molecule has 0 aromatic heterocycles. The molecular formula is C17H20ClNO5S. The third-order valence-corrected chi connectivity index (χ3v) is 6.98. The predicted octanol–water partition coefficient (Wildman–Crippen LogP) is 2.79. The van der Waals surface area contributed by atoms with Crippen LogP contribution in [0.15, 0.2) is 23.1 Å². The highest BCUT2D eigenvalue weighted by atomic mass is 35.5. The van der Waals surface area contributed by atoms with Gasteiger partial charge in [-0.2, -0.15) is 4.31 Å². The van der Waals surface area contributed by atoms with Crippen LogP contribution in [-0.4, -0.2) is 43.7 Å². The molecule has 136 valence electrons. The lowest BCUT2D eigenvalue weighted by Crippen LogP contribution is -2.30. The molecule has 2 fully saturated rings. The third kappa shape index (κ3) is 3.88. The Morgan fingerprint density at radius 1 is 1.16 bits per heavy atom. The number of carbonyl (C=O) groups is 2. The fraction of sp³-hybridized carbons (Fsp3) is 0.529. The van der Waals surface area contributed by atoms with Gasteiger partial charge in [0.05, 0.1) is 10.6 Å². The van der Waals surface area contributed by atoms with Gasteiger partial charge in [0, 0.05) is 19.5 Å². The molecule has 0 amide bonds. The summed E-state index contributed by atoms with van der Waals surface area (Å²) in [5, 5.41) is 0.0668. The van der Waals surface area contributed by atoms with Crippen LogP contribution >= 0.6 is 11.6 Å². The lowest BCUT2D eigenvalue weighted by atomic mass is 9.96. The summed E-state index contributed by atoms with van der Waals surface area (Å²) >= 11 is 6.07. The van der Waals surface area contributed by atoms with Gasteiger partial charge in [-0.1, -0.05) is 11.6 Å². The van der Waals surface area contributed by atoms with Crippen molar-refractivity contribution in [1.82, 2.24) is 4.31 Å². The number of benzene rings is 1. The van der Waals surface area contributed by atoms with Crippen LogP contribution in [-0.2, 0) is 19.6 Å². The number of ether oxygens (including phenoxy) is 1. The Bertz CT molecular complexity index is 786. The Labute approximate surface area is 152 Å². The number of esters is 1. The van der Waals surface area contributed by atoms with Crippen LogP contribution in [0.25, 0.3) is 0 Å². The number of sulfonamides is 1. The molecule has 2 aliphatic rings. The van der Waals surface area contributed by atoms with Gasteiger partial charge in [0.25, 0.3) is 0 Å². The summed E-state index contributed by atoms with van der Waals surface area (Å²) in [6.45, 7) is 0.897. The normalized spacial score (nSPS) is 22.1. The van der Waals surface area contributed by atoms with Crippen molar-refractivity contribution in [3.63, 3.8) is 0 Å². The van der Waals surface area contributed by atoms with Crippen LogP contribution in [0.4, 0.5) is 0 Å². The maximum absolute atomic E-state index is 12.7. The second kappa shape index (κ2) is 7.43. The molecule has 3 rings (SSSR count). The quantitative estimate of drug-likeness (QED) is 0.744. The van der Waals surface area contributed by atoms with Crippen molar-refractivity contribution in [1.29, 1.82) is 0 Å². The number of Topliss-reactive ketones (excluding diaryl/α,β-unsaturated/α-hetero) is 1. The highest BCUT2D eigenvalue weighted by Crippen LogP contribution is 2.29. The van der Waals surface area contributed by atoms with Crippen LogP contribution in [0, 0.1) is 0 Å². The Kier molecular flexibility index (Phi) is 5.46. The van der Waals surface area contributed by atoms with Crippen molar-refractivity contribution in [2.24, 2.45) is 0 Å². The molecule has 25 heavy (non-hydrogen) atoms. The molecule has 1 aromatic carbocycles. The highest BCUT2D eigenvalue weighted by molar-refractivity contribution is 7.89. The first-order chi connectivity index (χ1) is 11.9. The summed E-state index contributed by atoms with van der Waals surface area (Å²) in [5.74, 6) is -0.784. The second-order valence-electron chi connectivity index (χ2n) is 6.36. The number of hydrogen-bond acceptors (Lipinski definition) is 5. The number of hydrogen-bond donors (Lipinski definition) is 0. The first-order valence-electron chi connectivity index (χ1n) is 8.43. The maximum Gasteiger partial charge on any atom is 0.338 e. The van der Waals surface area contributed by atoms with E-state index in [1.807, 2.05) is 0 Å². The standard InChI is InChI=1S/C17H20ClNO5S/c18-13-8-7-12(17(21)24-15-6-2-1-5-14(15)20)11-16(13)25(22,23)19-9-3-4-10-19/h7-8,11,15H,1-6,9-10H2. The number of nitrogens with zero attached hydrogens (tertiary/aromatic N) is 1. The van der Waals surface area contributed by atoms with Gasteiger partial charge in [-0.05, 0) is 50.3 Å². The van der Waals surface area contributed by atoms with Crippen LogP contribution < -0.4 is 0 Å². The van der Waals surface area contributed by atoms with Gasteiger partial charge in [0.1, 0.15) is 4.90 Å². The number of ketones is 1. The van der Waals surface area contributed by atoms with Crippen LogP contribution in [0.1, 0.15) is 48.9 Å². The van der Waals surface area contributed by atoms with E-state index in [9.17, 15) is 18.0 Å². The average molecular weight is 386 g/mol. The fourth-order valence-corrected chi connectivity index (χ4v) is 5.19. The molecule has 6 nitrogen and oxygen atoms in total. The Morgan fingerprint density at radius 3 is 2.56 bits per heavy atom. The molecule has 1 unspecified atom stereocenters. The zero-order chi connectivity index (χ0) is 18.0. The van der Waals surface area contributed by atoms with E-state index in [0.717, 1.165) is 25.7 Å². The van der Waals surface area contributed by atoms with Crippen molar-refractivity contribution in [2.75, 3.05) is 13.1 Å². The van der Waals surface area contributed by atoms with Crippen molar-refractivity contribution >= 4 is 33.4 Å². The van der Waals surface area contributed by atoms with Crippen LogP contribution in [0.3, 0.4) is 0 Å². The summed E-state index contributed by atoms with van der Waals surface area (Å²) in [6.07, 6.45) is 3.44. The minimum absolute atomic E-state index is 0.0668. The van der Waals surface area contributed by atoms with E-state index < -0.39 is 22.1 Å². The van der Waals surface area contributed by atoms with Crippen LogP contribution in [0.5, 0.6) is 0 Å². The van der Waals surface area contributed by atoms with Gasteiger partial charge in [-0.25, -0.2) is 13.2 Å². The van der Waals surface area contributed by atoms with Gasteiger partial charge in [-0.3, -0.25) is 4.79 Å². The minimum Gasteiger partial charge on any atom is -0.451 e. The monoisotopic (exact) mass is 385 g/mol. The van der Waals surface area contributed by atoms with Crippen molar-refractivity contribution in [2.45, 2.75) is 49.5 Å². The molecule has 1 aromatic rings. The Morgan fingerprint density at radius 2 is 1.88 bits per heavy atom. The van der Waals surface area contributed by atoms with Crippen molar-refractivity contribution < 1.29 is 22.7 Å². The summed E-state index contributed by atoms with van der Waals surface area (Å²) in [6, 6.07) is 4.04. The number of rotatable bonds is 4. The van der Waals surface area contributed by atoms with E-state index in [4.69, 9.17) is 16.3 Å². The molecule has 1 saturated heterocycles. The molecule has 1 atom stereocenters. The molecule has 0 spiro atoms. The summed E-state index contributed by atoms with van der Waals surface area (Å²) in [7, 11) is -3.74. The number of halogens is 1. The topological polar surface area (TPSA) is 80.8 Å². The number of carbonyl (C=O) groups excluding carboxylic acids is 2. The molecule has 0 bridgehead atoms. The molecule has 1 aliphatic heterocycles. The molecule has 1 aliphatic carbocycles.